The smallest absolute Gasteiger partial charge is 0.311 e. The normalized spacial score (nSPS) is 28.3. The molecule has 0 aromatic heterocycles. The Bertz CT molecular complexity index is 879. The Labute approximate surface area is 154 Å². The molecule has 1 aromatic rings. The lowest BCUT2D eigenvalue weighted by Gasteiger charge is -2.13. The summed E-state index contributed by atoms with van der Waals surface area (Å²) >= 11 is 0. The number of carbonyl (C=O) groups excluding carboxylic acids is 2. The number of allylic oxidation sites excluding steroid dienone is 2. The first-order valence-corrected chi connectivity index (χ1v) is 8.46. The molecule has 0 spiro atoms. The predicted octanol–water partition coefficient (Wildman–Crippen LogP) is 1.75. The molecular weight excluding hydrogens is 354 g/mol. The molecule has 9 heteroatoms. The van der Waals surface area contributed by atoms with Gasteiger partial charge in [0.05, 0.1) is 37.2 Å². The second-order valence-corrected chi connectivity index (χ2v) is 6.76. The number of amides is 2. The minimum atomic E-state index is -0.588. The van der Waals surface area contributed by atoms with Crippen LogP contribution < -0.4 is 9.47 Å². The highest BCUT2D eigenvalue weighted by atomic mass is 16.6. The van der Waals surface area contributed by atoms with Crippen LogP contribution in [0.2, 0.25) is 0 Å². The SMILES string of the molecule is COc1cc(OC)c([N+](=O)[O-])cc1/C=N\N1C(=O)[C@@H]2[C@H](C1=O)[C@H]1C=C[C@@H]2C1. The molecule has 1 aromatic carbocycles. The van der Waals surface area contributed by atoms with Gasteiger partial charge in [0.1, 0.15) is 5.75 Å². The summed E-state index contributed by atoms with van der Waals surface area (Å²) in [5, 5.41) is 16.1. The molecule has 2 bridgehead atoms. The number of nitrogens with zero attached hydrogens (tertiary/aromatic N) is 3. The summed E-state index contributed by atoms with van der Waals surface area (Å²) in [5.41, 5.74) is 0.00157. The third-order valence-electron chi connectivity index (χ3n) is 5.49. The summed E-state index contributed by atoms with van der Waals surface area (Å²) in [5.74, 6) is -0.836. The number of hydrogen-bond donors (Lipinski definition) is 0. The van der Waals surface area contributed by atoms with Gasteiger partial charge in [-0.05, 0) is 18.3 Å². The van der Waals surface area contributed by atoms with Crippen molar-refractivity contribution in [1.29, 1.82) is 0 Å². The van der Waals surface area contributed by atoms with Crippen LogP contribution in [0.25, 0.3) is 0 Å². The van der Waals surface area contributed by atoms with Crippen LogP contribution in [0.4, 0.5) is 5.69 Å². The van der Waals surface area contributed by atoms with E-state index in [1.807, 2.05) is 12.2 Å². The average molecular weight is 371 g/mol. The van der Waals surface area contributed by atoms with E-state index in [0.717, 1.165) is 11.4 Å². The van der Waals surface area contributed by atoms with Crippen LogP contribution in [-0.2, 0) is 9.59 Å². The first kappa shape index (κ1) is 17.2. The number of methoxy groups -OCH3 is 2. The summed E-state index contributed by atoms with van der Waals surface area (Å²) in [4.78, 5) is 35.9. The number of hydrogen-bond acceptors (Lipinski definition) is 7. The summed E-state index contributed by atoms with van der Waals surface area (Å²) < 4.78 is 10.2. The highest BCUT2D eigenvalue weighted by molar-refractivity contribution is 6.07. The Kier molecular flexibility index (Phi) is 3.94. The molecule has 4 rings (SSSR count). The van der Waals surface area contributed by atoms with E-state index in [-0.39, 0.29) is 58.2 Å². The fraction of sp³-hybridized carbons (Fsp3) is 0.389. The van der Waals surface area contributed by atoms with Crippen molar-refractivity contribution in [3.05, 3.63) is 40.0 Å². The van der Waals surface area contributed by atoms with E-state index < -0.39 is 4.92 Å². The zero-order valence-corrected chi connectivity index (χ0v) is 14.7. The molecule has 1 heterocycles. The third-order valence-corrected chi connectivity index (χ3v) is 5.49. The highest BCUT2D eigenvalue weighted by Crippen LogP contribution is 2.52. The highest BCUT2D eigenvalue weighted by Gasteiger charge is 2.59. The van der Waals surface area contributed by atoms with Gasteiger partial charge in [0.15, 0.2) is 0 Å². The van der Waals surface area contributed by atoms with E-state index in [1.54, 1.807) is 0 Å². The van der Waals surface area contributed by atoms with Crippen LogP contribution in [0.3, 0.4) is 0 Å². The first-order chi connectivity index (χ1) is 13.0. The van der Waals surface area contributed by atoms with Crippen molar-refractivity contribution in [3.8, 4) is 11.5 Å². The number of nitro groups is 1. The second kappa shape index (κ2) is 6.19. The summed E-state index contributed by atoms with van der Waals surface area (Å²) in [6.45, 7) is 0. The molecule has 1 saturated carbocycles. The van der Waals surface area contributed by atoms with Crippen molar-refractivity contribution in [2.75, 3.05) is 14.2 Å². The van der Waals surface area contributed by atoms with Crippen LogP contribution in [0.15, 0.2) is 29.4 Å². The molecule has 0 radical (unpaired) electrons. The van der Waals surface area contributed by atoms with E-state index in [9.17, 15) is 19.7 Å². The number of fused-ring (bicyclic) bond motifs is 5. The molecule has 4 atom stereocenters. The van der Waals surface area contributed by atoms with Gasteiger partial charge < -0.3 is 9.47 Å². The van der Waals surface area contributed by atoms with Crippen LogP contribution in [0.5, 0.6) is 11.5 Å². The van der Waals surface area contributed by atoms with Gasteiger partial charge in [-0.25, -0.2) is 0 Å². The molecule has 2 aliphatic carbocycles. The molecule has 27 heavy (non-hydrogen) atoms. The lowest BCUT2D eigenvalue weighted by atomic mass is 9.85. The lowest BCUT2D eigenvalue weighted by Crippen LogP contribution is -2.28. The van der Waals surface area contributed by atoms with Gasteiger partial charge in [0, 0.05) is 17.7 Å². The number of imide groups is 1. The molecule has 3 aliphatic rings. The van der Waals surface area contributed by atoms with Crippen LogP contribution in [-0.4, -0.2) is 42.2 Å². The number of ether oxygens (including phenoxy) is 2. The molecule has 0 unspecified atom stereocenters. The summed E-state index contributed by atoms with van der Waals surface area (Å²) in [6, 6.07) is 2.60. The zero-order chi connectivity index (χ0) is 19.3. The average Bonchev–Trinajstić information content (AvgIpc) is 3.34. The van der Waals surface area contributed by atoms with Crippen molar-refractivity contribution in [3.63, 3.8) is 0 Å². The third kappa shape index (κ3) is 2.49. The van der Waals surface area contributed by atoms with E-state index in [4.69, 9.17) is 9.47 Å². The Balaban J connectivity index is 1.65. The maximum absolute atomic E-state index is 12.6. The number of rotatable bonds is 5. The predicted molar refractivity (Wildman–Crippen MR) is 93.4 cm³/mol. The number of carbonyl (C=O) groups is 2. The molecule has 0 N–H and O–H groups in total. The van der Waals surface area contributed by atoms with E-state index >= 15 is 0 Å². The molecular formula is C18H17N3O6. The zero-order valence-electron chi connectivity index (χ0n) is 14.7. The van der Waals surface area contributed by atoms with Gasteiger partial charge in [-0.1, -0.05) is 12.2 Å². The van der Waals surface area contributed by atoms with Crippen LogP contribution in [0, 0.1) is 33.8 Å². The van der Waals surface area contributed by atoms with Gasteiger partial charge in [0.25, 0.3) is 11.8 Å². The fourth-order valence-corrected chi connectivity index (χ4v) is 4.27. The molecule has 9 nitrogen and oxygen atoms in total. The molecule has 2 fully saturated rings. The van der Waals surface area contributed by atoms with Gasteiger partial charge in [0.2, 0.25) is 5.75 Å². The quantitative estimate of drug-likeness (QED) is 0.256. The Morgan fingerprint density at radius 3 is 2.22 bits per heavy atom. The van der Waals surface area contributed by atoms with Crippen molar-refractivity contribution in [2.45, 2.75) is 6.42 Å². The minimum Gasteiger partial charge on any atom is -0.496 e. The summed E-state index contributed by atoms with van der Waals surface area (Å²) in [6.07, 6.45) is 6.07. The monoisotopic (exact) mass is 371 g/mol. The van der Waals surface area contributed by atoms with Crippen LogP contribution >= 0.6 is 0 Å². The second-order valence-electron chi connectivity index (χ2n) is 6.76. The van der Waals surface area contributed by atoms with E-state index in [2.05, 4.69) is 5.10 Å². The number of nitro benzene ring substituents is 1. The standard InChI is InChI=1S/C18H17N3O6/c1-26-13-7-14(27-2)12(21(24)25)6-11(13)8-19-20-17(22)15-9-3-4-10(5-9)16(15)18(20)23/h3-4,6-10,15-16H,5H2,1-2H3/b19-8-/t9-,10+,15+,16-. The summed E-state index contributed by atoms with van der Waals surface area (Å²) in [7, 11) is 2.72. The minimum absolute atomic E-state index is 0.0412. The number of benzene rings is 1. The first-order valence-electron chi connectivity index (χ1n) is 8.46. The van der Waals surface area contributed by atoms with Gasteiger partial charge in [-0.2, -0.15) is 10.1 Å². The molecule has 1 aliphatic heterocycles. The van der Waals surface area contributed by atoms with E-state index in [1.165, 1.54) is 32.6 Å². The maximum atomic E-state index is 12.6. The molecule has 140 valence electrons. The van der Waals surface area contributed by atoms with Gasteiger partial charge >= 0.3 is 5.69 Å². The van der Waals surface area contributed by atoms with E-state index in [0.29, 0.717) is 0 Å². The van der Waals surface area contributed by atoms with Gasteiger partial charge in [-0.3, -0.25) is 19.7 Å². The number of hydrazone groups is 1. The van der Waals surface area contributed by atoms with Crippen molar-refractivity contribution < 1.29 is 24.0 Å². The largest absolute Gasteiger partial charge is 0.496 e. The Hall–Kier alpha value is -3.23. The topological polar surface area (TPSA) is 111 Å². The van der Waals surface area contributed by atoms with Crippen molar-refractivity contribution in [2.24, 2.45) is 28.8 Å². The fourth-order valence-electron chi connectivity index (χ4n) is 4.27. The van der Waals surface area contributed by atoms with Crippen molar-refractivity contribution in [1.82, 2.24) is 5.01 Å². The molecule has 1 saturated heterocycles. The van der Waals surface area contributed by atoms with Gasteiger partial charge in [-0.15, -0.1) is 0 Å². The Morgan fingerprint density at radius 1 is 1.11 bits per heavy atom. The lowest BCUT2D eigenvalue weighted by molar-refractivity contribution is -0.385. The Morgan fingerprint density at radius 2 is 1.70 bits per heavy atom. The van der Waals surface area contributed by atoms with Crippen LogP contribution in [0.1, 0.15) is 12.0 Å². The van der Waals surface area contributed by atoms with Crippen molar-refractivity contribution >= 4 is 23.7 Å². The maximum Gasteiger partial charge on any atom is 0.311 e. The molecule has 2 amide bonds.